The summed E-state index contributed by atoms with van der Waals surface area (Å²) in [5.74, 6) is 1.66. The van der Waals surface area contributed by atoms with Gasteiger partial charge in [-0.15, -0.1) is 10.2 Å². The third kappa shape index (κ3) is 2.15. The molecule has 0 saturated carbocycles. The smallest absolute Gasteiger partial charge is 0.230 e. The molecule has 6 nitrogen and oxygen atoms in total. The first-order chi connectivity index (χ1) is 8.72. The lowest BCUT2D eigenvalue weighted by atomic mass is 10.1. The number of nitrogens with zero attached hydrogens (tertiary/aromatic N) is 4. The Hall–Kier alpha value is -1.69. The van der Waals surface area contributed by atoms with Gasteiger partial charge < -0.3 is 8.94 Å². The van der Waals surface area contributed by atoms with Gasteiger partial charge in [0.25, 0.3) is 0 Å². The zero-order valence-corrected chi connectivity index (χ0v) is 10.6. The monoisotopic (exact) mass is 248 g/mol. The van der Waals surface area contributed by atoms with E-state index in [0.717, 1.165) is 30.8 Å². The van der Waals surface area contributed by atoms with Crippen LogP contribution in [0.4, 0.5) is 0 Å². The van der Waals surface area contributed by atoms with E-state index in [-0.39, 0.29) is 5.92 Å². The van der Waals surface area contributed by atoms with E-state index in [9.17, 15) is 0 Å². The lowest BCUT2D eigenvalue weighted by Crippen LogP contribution is -2.29. The first-order valence-corrected chi connectivity index (χ1v) is 6.19. The molecule has 3 heterocycles. The maximum atomic E-state index is 5.61. The number of hydrogen-bond donors (Lipinski definition) is 0. The van der Waals surface area contributed by atoms with Gasteiger partial charge in [-0.25, -0.2) is 0 Å². The third-order valence-corrected chi connectivity index (χ3v) is 3.12. The van der Waals surface area contributed by atoms with Crippen LogP contribution in [0.3, 0.4) is 0 Å². The van der Waals surface area contributed by atoms with Crippen molar-refractivity contribution < 1.29 is 8.94 Å². The molecule has 0 radical (unpaired) electrons. The van der Waals surface area contributed by atoms with Crippen LogP contribution in [0.15, 0.2) is 15.2 Å². The van der Waals surface area contributed by atoms with E-state index in [0.29, 0.717) is 18.3 Å². The highest BCUT2D eigenvalue weighted by Crippen LogP contribution is 2.19. The van der Waals surface area contributed by atoms with Crippen LogP contribution in [0.25, 0.3) is 0 Å². The lowest BCUT2D eigenvalue weighted by molar-refractivity contribution is 0.218. The molecule has 1 aliphatic rings. The van der Waals surface area contributed by atoms with Gasteiger partial charge in [-0.05, 0) is 0 Å². The number of fused-ring (bicyclic) bond motifs is 1. The molecule has 0 spiro atoms. The average molecular weight is 248 g/mol. The molecule has 0 fully saturated rings. The summed E-state index contributed by atoms with van der Waals surface area (Å²) in [5.41, 5.74) is 2.23. The van der Waals surface area contributed by atoms with Gasteiger partial charge in [0, 0.05) is 31.0 Å². The molecule has 0 atom stereocenters. The Labute approximate surface area is 105 Å². The fraction of sp³-hybridized carbons (Fsp3) is 0.583. The van der Waals surface area contributed by atoms with Gasteiger partial charge >= 0.3 is 0 Å². The maximum Gasteiger partial charge on any atom is 0.230 e. The van der Waals surface area contributed by atoms with Gasteiger partial charge in [-0.3, -0.25) is 4.90 Å². The van der Waals surface area contributed by atoms with Crippen LogP contribution in [0.2, 0.25) is 0 Å². The average Bonchev–Trinajstić information content (AvgIpc) is 2.96. The van der Waals surface area contributed by atoms with Crippen molar-refractivity contribution >= 4 is 0 Å². The molecular formula is C12H16N4O2. The SMILES string of the molecule is CC(C)c1nnc(CN2CCc3nocc3C2)o1. The molecule has 96 valence electrons. The Morgan fingerprint density at radius 3 is 3.06 bits per heavy atom. The fourth-order valence-corrected chi connectivity index (χ4v) is 2.09. The largest absolute Gasteiger partial charge is 0.424 e. The van der Waals surface area contributed by atoms with Gasteiger partial charge in [-0.2, -0.15) is 0 Å². The highest BCUT2D eigenvalue weighted by molar-refractivity contribution is 5.17. The van der Waals surface area contributed by atoms with E-state index in [4.69, 9.17) is 8.94 Å². The molecule has 0 N–H and O–H groups in total. The molecule has 3 rings (SSSR count). The van der Waals surface area contributed by atoms with Gasteiger partial charge in [0.2, 0.25) is 11.8 Å². The standard InChI is InChI=1S/C12H16N4O2/c1-8(2)12-14-13-11(18-12)6-16-4-3-10-9(5-16)7-17-15-10/h7-8H,3-6H2,1-2H3. The molecule has 0 aromatic carbocycles. The second-order valence-electron chi connectivity index (χ2n) is 4.94. The summed E-state index contributed by atoms with van der Waals surface area (Å²) in [6.45, 7) is 6.55. The van der Waals surface area contributed by atoms with Crippen LogP contribution in [-0.4, -0.2) is 26.8 Å². The van der Waals surface area contributed by atoms with E-state index in [1.807, 2.05) is 13.8 Å². The van der Waals surface area contributed by atoms with Crippen LogP contribution in [0.5, 0.6) is 0 Å². The second kappa shape index (κ2) is 4.53. The van der Waals surface area contributed by atoms with E-state index >= 15 is 0 Å². The van der Waals surface area contributed by atoms with Crippen molar-refractivity contribution in [2.45, 2.75) is 39.3 Å². The van der Waals surface area contributed by atoms with E-state index in [1.165, 1.54) is 0 Å². The summed E-state index contributed by atoms with van der Waals surface area (Å²) in [7, 11) is 0. The Morgan fingerprint density at radius 1 is 1.39 bits per heavy atom. The Bertz CT molecular complexity index is 532. The maximum absolute atomic E-state index is 5.61. The lowest BCUT2D eigenvalue weighted by Gasteiger charge is -2.23. The van der Waals surface area contributed by atoms with Crippen molar-refractivity contribution in [3.05, 3.63) is 29.3 Å². The Morgan fingerprint density at radius 2 is 2.28 bits per heavy atom. The molecule has 0 saturated heterocycles. The minimum atomic E-state index is 0.275. The predicted molar refractivity (Wildman–Crippen MR) is 62.7 cm³/mol. The molecule has 2 aromatic rings. The minimum Gasteiger partial charge on any atom is -0.424 e. The fourth-order valence-electron chi connectivity index (χ4n) is 2.09. The van der Waals surface area contributed by atoms with Crippen molar-refractivity contribution in [1.82, 2.24) is 20.3 Å². The van der Waals surface area contributed by atoms with Crippen LogP contribution in [0.1, 0.15) is 42.8 Å². The van der Waals surface area contributed by atoms with Crippen molar-refractivity contribution in [3.63, 3.8) is 0 Å². The van der Waals surface area contributed by atoms with Gasteiger partial charge in [0.1, 0.15) is 6.26 Å². The summed E-state index contributed by atoms with van der Waals surface area (Å²) < 4.78 is 10.6. The summed E-state index contributed by atoms with van der Waals surface area (Å²) >= 11 is 0. The van der Waals surface area contributed by atoms with Gasteiger partial charge in [0.05, 0.1) is 12.2 Å². The summed E-state index contributed by atoms with van der Waals surface area (Å²) in [5, 5.41) is 12.1. The first-order valence-electron chi connectivity index (χ1n) is 6.19. The molecule has 0 bridgehead atoms. The molecule has 18 heavy (non-hydrogen) atoms. The quantitative estimate of drug-likeness (QED) is 0.824. The van der Waals surface area contributed by atoms with Crippen molar-refractivity contribution in [2.24, 2.45) is 0 Å². The van der Waals surface area contributed by atoms with Crippen molar-refractivity contribution in [2.75, 3.05) is 6.54 Å². The number of aromatic nitrogens is 3. The Kier molecular flexibility index (Phi) is 2.87. The van der Waals surface area contributed by atoms with Crippen LogP contribution >= 0.6 is 0 Å². The molecular weight excluding hydrogens is 232 g/mol. The molecule has 0 unspecified atom stereocenters. The first kappa shape index (κ1) is 11.4. The van der Waals surface area contributed by atoms with Crippen LogP contribution in [-0.2, 0) is 19.5 Å². The third-order valence-electron chi connectivity index (χ3n) is 3.12. The Balaban J connectivity index is 1.67. The molecule has 1 aliphatic heterocycles. The molecule has 0 amide bonds. The highest BCUT2D eigenvalue weighted by Gasteiger charge is 2.21. The second-order valence-corrected chi connectivity index (χ2v) is 4.94. The van der Waals surface area contributed by atoms with Gasteiger partial charge in [0.15, 0.2) is 0 Å². The topological polar surface area (TPSA) is 68.2 Å². The van der Waals surface area contributed by atoms with Gasteiger partial charge in [-0.1, -0.05) is 19.0 Å². The van der Waals surface area contributed by atoms with Crippen LogP contribution in [0, 0.1) is 0 Å². The normalized spacial score (nSPS) is 16.2. The van der Waals surface area contributed by atoms with Crippen molar-refractivity contribution in [1.29, 1.82) is 0 Å². The molecule has 6 heteroatoms. The molecule has 2 aromatic heterocycles. The number of rotatable bonds is 3. The minimum absolute atomic E-state index is 0.275. The summed E-state index contributed by atoms with van der Waals surface area (Å²) in [6, 6.07) is 0. The van der Waals surface area contributed by atoms with Crippen LogP contribution < -0.4 is 0 Å². The predicted octanol–water partition coefficient (Wildman–Crippen LogP) is 1.74. The highest BCUT2D eigenvalue weighted by atomic mass is 16.5. The molecule has 0 aliphatic carbocycles. The van der Waals surface area contributed by atoms with E-state index in [1.54, 1.807) is 6.26 Å². The number of hydrogen-bond acceptors (Lipinski definition) is 6. The van der Waals surface area contributed by atoms with Crippen molar-refractivity contribution in [3.8, 4) is 0 Å². The van der Waals surface area contributed by atoms with E-state index < -0.39 is 0 Å². The summed E-state index contributed by atoms with van der Waals surface area (Å²) in [4.78, 5) is 2.26. The zero-order chi connectivity index (χ0) is 12.5. The van der Waals surface area contributed by atoms with E-state index in [2.05, 4.69) is 20.3 Å². The summed E-state index contributed by atoms with van der Waals surface area (Å²) in [6.07, 6.45) is 2.63. The zero-order valence-electron chi connectivity index (χ0n) is 10.6.